The lowest BCUT2D eigenvalue weighted by Gasteiger charge is -2.19. The summed E-state index contributed by atoms with van der Waals surface area (Å²) in [5, 5.41) is 8.70. The van der Waals surface area contributed by atoms with Gasteiger partial charge in [-0.3, -0.25) is 4.57 Å². The lowest BCUT2D eigenvalue weighted by molar-refractivity contribution is -0.107. The van der Waals surface area contributed by atoms with Gasteiger partial charge in [0.1, 0.15) is 6.29 Å². The van der Waals surface area contributed by atoms with Gasteiger partial charge in [0.2, 0.25) is 0 Å². The van der Waals surface area contributed by atoms with Crippen LogP contribution >= 0.6 is 7.60 Å². The van der Waals surface area contributed by atoms with Gasteiger partial charge in [0, 0.05) is 6.42 Å². The Hall–Kier alpha value is -0.690. The third-order valence-corrected chi connectivity index (χ3v) is 3.79. The molecule has 0 aliphatic rings. The molecule has 5 nitrogen and oxygen atoms in total. The Balaban J connectivity index is 4.68. The maximum Gasteiger partial charge on any atom is 0.348 e. The van der Waals surface area contributed by atoms with Crippen molar-refractivity contribution in [3.05, 3.63) is 0 Å². The van der Waals surface area contributed by atoms with Gasteiger partial charge in [-0.2, -0.15) is 5.26 Å². The van der Waals surface area contributed by atoms with Crippen LogP contribution in [0.3, 0.4) is 0 Å². The minimum absolute atomic E-state index is 0.131. The Labute approximate surface area is 83.5 Å². The molecule has 0 saturated carbocycles. The lowest BCUT2D eigenvalue weighted by Crippen LogP contribution is -2.12. The fourth-order valence-corrected chi connectivity index (χ4v) is 2.56. The van der Waals surface area contributed by atoms with E-state index in [9.17, 15) is 9.36 Å². The largest absolute Gasteiger partial charge is 0.348 e. The molecule has 0 aromatic heterocycles. The van der Waals surface area contributed by atoms with Crippen LogP contribution in [0.1, 0.15) is 20.3 Å². The van der Waals surface area contributed by atoms with Crippen LogP contribution in [0.2, 0.25) is 0 Å². The van der Waals surface area contributed by atoms with E-state index >= 15 is 0 Å². The smallest absolute Gasteiger partial charge is 0.308 e. The van der Waals surface area contributed by atoms with Gasteiger partial charge in [-0.25, -0.2) is 0 Å². The van der Waals surface area contributed by atoms with E-state index in [0.29, 0.717) is 6.29 Å². The Bertz CT molecular complexity index is 251. The molecule has 0 rings (SSSR count). The molecule has 1 unspecified atom stereocenters. The van der Waals surface area contributed by atoms with Crippen molar-refractivity contribution < 1.29 is 18.4 Å². The number of hydrogen-bond donors (Lipinski definition) is 0. The SMILES string of the molecule is CCOP(=O)(OCC)C(C#N)CC=O. The number of carbonyl (C=O) groups excluding carboxylic acids is 1. The number of aldehydes is 1. The first-order chi connectivity index (χ1) is 6.64. The van der Waals surface area contributed by atoms with E-state index in [1.807, 2.05) is 0 Å². The summed E-state index contributed by atoms with van der Waals surface area (Å²) in [6.45, 7) is 3.69. The number of nitriles is 1. The second kappa shape index (κ2) is 6.72. The van der Waals surface area contributed by atoms with Gasteiger partial charge < -0.3 is 13.8 Å². The molecule has 0 aliphatic heterocycles. The van der Waals surface area contributed by atoms with Crippen LogP contribution in [0.15, 0.2) is 0 Å². The zero-order valence-corrected chi connectivity index (χ0v) is 9.20. The van der Waals surface area contributed by atoms with Crippen molar-refractivity contribution in [2.45, 2.75) is 25.9 Å². The van der Waals surface area contributed by atoms with E-state index in [1.54, 1.807) is 19.9 Å². The molecule has 0 bridgehead atoms. The van der Waals surface area contributed by atoms with E-state index in [2.05, 4.69) is 0 Å². The first-order valence-electron chi connectivity index (χ1n) is 4.36. The number of hydrogen-bond acceptors (Lipinski definition) is 5. The van der Waals surface area contributed by atoms with Crippen LogP contribution in [-0.2, 0) is 18.4 Å². The molecule has 6 heteroatoms. The second-order valence-electron chi connectivity index (χ2n) is 2.42. The molecule has 0 fully saturated rings. The molecule has 0 N–H and O–H groups in total. The molecule has 80 valence electrons. The molecule has 0 heterocycles. The van der Waals surface area contributed by atoms with Crippen LogP contribution in [0, 0.1) is 11.3 Å². The molecular formula is C8H14NO4P. The van der Waals surface area contributed by atoms with E-state index in [0.717, 1.165) is 0 Å². The first kappa shape index (κ1) is 13.3. The minimum atomic E-state index is -3.44. The third-order valence-electron chi connectivity index (χ3n) is 1.47. The van der Waals surface area contributed by atoms with E-state index in [-0.39, 0.29) is 19.6 Å². The summed E-state index contributed by atoms with van der Waals surface area (Å²) in [5.41, 5.74) is -1.00. The van der Waals surface area contributed by atoms with E-state index < -0.39 is 13.3 Å². The Morgan fingerprint density at radius 3 is 2.21 bits per heavy atom. The van der Waals surface area contributed by atoms with Gasteiger partial charge >= 0.3 is 7.60 Å². The molecule has 0 radical (unpaired) electrons. The standard InChI is InChI=1S/C8H14NO4P/c1-3-12-14(11,13-4-2)8(7-9)5-6-10/h6,8H,3-5H2,1-2H3. The van der Waals surface area contributed by atoms with Crippen LogP contribution < -0.4 is 0 Å². The number of rotatable bonds is 7. The molecule has 0 amide bonds. The van der Waals surface area contributed by atoms with E-state index in [4.69, 9.17) is 14.3 Å². The zero-order chi connectivity index (χ0) is 11.0. The Morgan fingerprint density at radius 2 is 1.93 bits per heavy atom. The highest BCUT2D eigenvalue weighted by Crippen LogP contribution is 2.53. The highest BCUT2D eigenvalue weighted by molar-refractivity contribution is 7.55. The summed E-state index contributed by atoms with van der Waals surface area (Å²) in [4.78, 5) is 10.2. The topological polar surface area (TPSA) is 76.4 Å². The normalized spacial score (nSPS) is 13.2. The van der Waals surface area contributed by atoms with Crippen molar-refractivity contribution in [3.8, 4) is 6.07 Å². The van der Waals surface area contributed by atoms with Crippen LogP contribution in [-0.4, -0.2) is 25.2 Å². The lowest BCUT2D eigenvalue weighted by atomic mass is 10.4. The summed E-state index contributed by atoms with van der Waals surface area (Å²) >= 11 is 0. The maximum absolute atomic E-state index is 11.9. The second-order valence-corrected chi connectivity index (χ2v) is 4.64. The quantitative estimate of drug-likeness (QED) is 0.481. The average molecular weight is 219 g/mol. The van der Waals surface area contributed by atoms with Crippen molar-refractivity contribution in [1.29, 1.82) is 5.26 Å². The molecule has 0 aromatic carbocycles. The maximum atomic E-state index is 11.9. The molecule has 0 aromatic rings. The molecule has 0 aliphatic carbocycles. The minimum Gasteiger partial charge on any atom is -0.308 e. The Morgan fingerprint density at radius 1 is 1.43 bits per heavy atom. The van der Waals surface area contributed by atoms with Gasteiger partial charge in [-0.15, -0.1) is 0 Å². The molecule has 0 saturated heterocycles. The predicted octanol–water partition coefficient (Wildman–Crippen LogP) is 1.73. The van der Waals surface area contributed by atoms with Gasteiger partial charge in [0.25, 0.3) is 0 Å². The first-order valence-corrected chi connectivity index (χ1v) is 5.97. The fourth-order valence-electron chi connectivity index (χ4n) is 0.921. The Kier molecular flexibility index (Phi) is 6.39. The van der Waals surface area contributed by atoms with Gasteiger partial charge in [0.15, 0.2) is 5.66 Å². The van der Waals surface area contributed by atoms with E-state index in [1.165, 1.54) is 0 Å². The molecule has 0 spiro atoms. The summed E-state index contributed by atoms with van der Waals surface area (Å²) in [5.74, 6) is 0. The summed E-state index contributed by atoms with van der Waals surface area (Å²) in [6, 6.07) is 1.77. The van der Waals surface area contributed by atoms with Crippen molar-refractivity contribution in [3.63, 3.8) is 0 Å². The third kappa shape index (κ3) is 3.59. The molecular weight excluding hydrogens is 205 g/mol. The summed E-state index contributed by atoms with van der Waals surface area (Å²) in [7, 11) is -3.44. The highest BCUT2D eigenvalue weighted by Gasteiger charge is 2.35. The van der Waals surface area contributed by atoms with Crippen LogP contribution in [0.5, 0.6) is 0 Å². The predicted molar refractivity (Wildman–Crippen MR) is 50.9 cm³/mol. The summed E-state index contributed by atoms with van der Waals surface area (Å²) in [6.07, 6.45) is 0.409. The van der Waals surface area contributed by atoms with Gasteiger partial charge in [0.05, 0.1) is 19.3 Å². The number of carbonyl (C=O) groups is 1. The molecule has 1 atom stereocenters. The average Bonchev–Trinajstić information content (AvgIpc) is 2.14. The van der Waals surface area contributed by atoms with Crippen LogP contribution in [0.4, 0.5) is 0 Å². The number of nitrogens with zero attached hydrogens (tertiary/aromatic N) is 1. The van der Waals surface area contributed by atoms with Crippen molar-refractivity contribution in [2.75, 3.05) is 13.2 Å². The van der Waals surface area contributed by atoms with Crippen molar-refractivity contribution >= 4 is 13.9 Å². The van der Waals surface area contributed by atoms with Crippen LogP contribution in [0.25, 0.3) is 0 Å². The fraction of sp³-hybridized carbons (Fsp3) is 0.750. The monoisotopic (exact) mass is 219 g/mol. The van der Waals surface area contributed by atoms with Crippen molar-refractivity contribution in [2.24, 2.45) is 0 Å². The summed E-state index contributed by atoms with van der Waals surface area (Å²) < 4.78 is 21.8. The van der Waals surface area contributed by atoms with Gasteiger partial charge in [-0.1, -0.05) is 0 Å². The highest BCUT2D eigenvalue weighted by atomic mass is 31.2. The van der Waals surface area contributed by atoms with Gasteiger partial charge in [-0.05, 0) is 13.8 Å². The molecule has 14 heavy (non-hydrogen) atoms. The van der Waals surface area contributed by atoms with Crippen molar-refractivity contribution in [1.82, 2.24) is 0 Å². The zero-order valence-electron chi connectivity index (χ0n) is 8.30.